The molecule has 166 valence electrons. The molecule has 2 aliphatic rings. The molecule has 2 fully saturated rings. The van der Waals surface area contributed by atoms with E-state index in [1.165, 1.54) is 16.4 Å². The summed E-state index contributed by atoms with van der Waals surface area (Å²) in [6.45, 7) is 2.52. The van der Waals surface area contributed by atoms with E-state index in [9.17, 15) is 13.2 Å². The van der Waals surface area contributed by atoms with Gasteiger partial charge in [0, 0.05) is 45.5 Å². The van der Waals surface area contributed by atoms with Crippen molar-refractivity contribution in [2.24, 2.45) is 0 Å². The van der Waals surface area contributed by atoms with E-state index in [2.05, 4.69) is 15.3 Å². The Hall–Kier alpha value is -2.27. The Kier molecular flexibility index (Phi) is 6.71. The molecule has 2 aromatic heterocycles. The molecule has 31 heavy (non-hydrogen) atoms. The zero-order valence-electron chi connectivity index (χ0n) is 16.9. The number of aromatic nitrogens is 2. The Labute approximate surface area is 186 Å². The molecule has 0 spiro atoms. The highest BCUT2D eigenvalue weighted by atomic mass is 35.5. The average molecular weight is 466 g/mol. The fourth-order valence-electron chi connectivity index (χ4n) is 3.74. The van der Waals surface area contributed by atoms with Crippen LogP contribution in [0.2, 0.25) is 5.15 Å². The number of amides is 1. The second-order valence-electron chi connectivity index (χ2n) is 7.41. The van der Waals surface area contributed by atoms with Crippen LogP contribution in [0.5, 0.6) is 0 Å². The number of ether oxygens (including phenoxy) is 1. The summed E-state index contributed by atoms with van der Waals surface area (Å²) in [5.41, 5.74) is 0.466. The van der Waals surface area contributed by atoms with Gasteiger partial charge in [-0.15, -0.1) is 0 Å². The third kappa shape index (κ3) is 4.98. The van der Waals surface area contributed by atoms with Crippen LogP contribution in [0.15, 0.2) is 41.6 Å². The van der Waals surface area contributed by atoms with E-state index in [1.807, 2.05) is 4.90 Å². The summed E-state index contributed by atoms with van der Waals surface area (Å²) in [5, 5.41) is 2.98. The van der Waals surface area contributed by atoms with E-state index in [-0.39, 0.29) is 35.3 Å². The number of nitrogens with one attached hydrogen (secondary N) is 1. The monoisotopic (exact) mass is 465 g/mol. The van der Waals surface area contributed by atoms with E-state index in [0.29, 0.717) is 31.0 Å². The second-order valence-corrected chi connectivity index (χ2v) is 9.68. The molecule has 9 nitrogen and oxygen atoms in total. The molecule has 2 saturated heterocycles. The molecule has 1 amide bonds. The maximum Gasteiger partial charge on any atom is 0.260 e. The van der Waals surface area contributed by atoms with Crippen LogP contribution >= 0.6 is 11.6 Å². The lowest BCUT2D eigenvalue weighted by atomic mass is 10.2. The van der Waals surface area contributed by atoms with Gasteiger partial charge < -0.3 is 15.0 Å². The number of carbonyl (C=O) groups excluding carboxylic acids is 1. The minimum atomic E-state index is -3.74. The highest BCUT2D eigenvalue weighted by molar-refractivity contribution is 7.89. The maximum absolute atomic E-state index is 12.9. The Morgan fingerprint density at radius 2 is 2.00 bits per heavy atom. The van der Waals surface area contributed by atoms with Gasteiger partial charge in [-0.3, -0.25) is 4.79 Å². The van der Waals surface area contributed by atoms with Crippen molar-refractivity contribution < 1.29 is 17.9 Å². The molecular formula is C20H24ClN5O4S. The zero-order valence-corrected chi connectivity index (χ0v) is 18.5. The number of carbonyl (C=O) groups is 1. The molecule has 0 aromatic carbocycles. The van der Waals surface area contributed by atoms with Crippen LogP contribution < -0.4 is 10.2 Å². The largest absolute Gasteiger partial charge is 0.376 e. The van der Waals surface area contributed by atoms with Crippen LogP contribution in [0.3, 0.4) is 0 Å². The van der Waals surface area contributed by atoms with Gasteiger partial charge in [0.1, 0.15) is 11.0 Å². The first-order valence-corrected chi connectivity index (χ1v) is 12.0. The SMILES string of the molecule is O=C(NC[C@H]1CCCO1)c1cccnc1N1CCN(S(=O)(=O)c2cccc(Cl)n2)CC1. The number of sulfonamides is 1. The van der Waals surface area contributed by atoms with Crippen molar-refractivity contribution in [1.29, 1.82) is 0 Å². The smallest absolute Gasteiger partial charge is 0.260 e. The van der Waals surface area contributed by atoms with Crippen molar-refractivity contribution in [2.75, 3.05) is 44.2 Å². The van der Waals surface area contributed by atoms with Crippen LogP contribution in [0.1, 0.15) is 23.2 Å². The van der Waals surface area contributed by atoms with Gasteiger partial charge >= 0.3 is 0 Å². The molecule has 4 heterocycles. The molecule has 1 atom stereocenters. The number of halogens is 1. The summed E-state index contributed by atoms with van der Waals surface area (Å²) in [6.07, 6.45) is 3.64. The molecule has 0 radical (unpaired) electrons. The van der Waals surface area contributed by atoms with Crippen LogP contribution in [-0.4, -0.2) is 74.0 Å². The lowest BCUT2D eigenvalue weighted by Crippen LogP contribution is -2.49. The standard InChI is InChI=1S/C20H24ClN5O4S/c21-17-6-1-7-18(24-17)31(28,29)26-11-9-25(10-12-26)19-16(5-2-8-22-19)20(27)23-14-15-4-3-13-30-15/h1-2,5-8,15H,3-4,9-14H2,(H,23,27)/t15-/m1/s1. The molecule has 2 aliphatic heterocycles. The summed E-state index contributed by atoms with van der Waals surface area (Å²) in [5.74, 6) is 0.335. The molecular weight excluding hydrogens is 442 g/mol. The van der Waals surface area contributed by atoms with Crippen molar-refractivity contribution in [3.05, 3.63) is 47.2 Å². The van der Waals surface area contributed by atoms with Gasteiger partial charge in [0.15, 0.2) is 5.03 Å². The maximum atomic E-state index is 12.9. The topological polar surface area (TPSA) is 105 Å². The molecule has 0 saturated carbocycles. The molecule has 4 rings (SSSR count). The van der Waals surface area contributed by atoms with Gasteiger partial charge in [0.25, 0.3) is 15.9 Å². The summed E-state index contributed by atoms with van der Waals surface area (Å²) in [4.78, 5) is 23.0. The first-order chi connectivity index (χ1) is 14.9. The average Bonchev–Trinajstić information content (AvgIpc) is 3.31. The predicted molar refractivity (Wildman–Crippen MR) is 116 cm³/mol. The van der Waals surface area contributed by atoms with E-state index in [0.717, 1.165) is 19.4 Å². The lowest BCUT2D eigenvalue weighted by molar-refractivity contribution is 0.0858. The van der Waals surface area contributed by atoms with Gasteiger partial charge in [-0.05, 0) is 37.1 Å². The van der Waals surface area contributed by atoms with Crippen molar-refractivity contribution >= 4 is 33.3 Å². The third-order valence-electron chi connectivity index (χ3n) is 5.38. The Balaban J connectivity index is 1.42. The second kappa shape index (κ2) is 9.47. The zero-order chi connectivity index (χ0) is 21.8. The molecule has 0 aliphatic carbocycles. The lowest BCUT2D eigenvalue weighted by Gasteiger charge is -2.35. The van der Waals surface area contributed by atoms with Gasteiger partial charge in [0.2, 0.25) is 0 Å². The molecule has 0 unspecified atom stereocenters. The summed E-state index contributed by atoms with van der Waals surface area (Å²) >= 11 is 5.85. The molecule has 0 bridgehead atoms. The molecule has 1 N–H and O–H groups in total. The van der Waals surface area contributed by atoms with Gasteiger partial charge in [-0.2, -0.15) is 4.31 Å². The van der Waals surface area contributed by atoms with E-state index >= 15 is 0 Å². The number of hydrogen-bond acceptors (Lipinski definition) is 7. The van der Waals surface area contributed by atoms with Crippen molar-refractivity contribution in [3.63, 3.8) is 0 Å². The minimum Gasteiger partial charge on any atom is -0.376 e. The fraction of sp³-hybridized carbons (Fsp3) is 0.450. The van der Waals surface area contributed by atoms with Gasteiger partial charge in [-0.1, -0.05) is 17.7 Å². The Morgan fingerprint density at radius 3 is 2.71 bits per heavy atom. The predicted octanol–water partition coefficient (Wildman–Crippen LogP) is 1.55. The van der Waals surface area contributed by atoms with Crippen molar-refractivity contribution in [2.45, 2.75) is 24.0 Å². The number of piperazine rings is 1. The number of hydrogen-bond donors (Lipinski definition) is 1. The van der Waals surface area contributed by atoms with Crippen molar-refractivity contribution in [1.82, 2.24) is 19.6 Å². The normalized spacial score (nSPS) is 20.0. The van der Waals surface area contributed by atoms with Crippen LogP contribution in [-0.2, 0) is 14.8 Å². The first-order valence-electron chi connectivity index (χ1n) is 10.2. The number of pyridine rings is 2. The quantitative estimate of drug-likeness (QED) is 0.645. The highest BCUT2D eigenvalue weighted by Gasteiger charge is 2.31. The van der Waals surface area contributed by atoms with Crippen LogP contribution in [0.25, 0.3) is 0 Å². The van der Waals surface area contributed by atoms with Gasteiger partial charge in [-0.25, -0.2) is 18.4 Å². The Bertz CT molecular complexity index is 1040. The van der Waals surface area contributed by atoms with Gasteiger partial charge in [0.05, 0.1) is 11.7 Å². The summed E-state index contributed by atoms with van der Waals surface area (Å²) in [7, 11) is -3.74. The highest BCUT2D eigenvalue weighted by Crippen LogP contribution is 2.22. The van der Waals surface area contributed by atoms with E-state index in [1.54, 1.807) is 24.4 Å². The molecule has 11 heteroatoms. The third-order valence-corrected chi connectivity index (χ3v) is 7.39. The fourth-order valence-corrected chi connectivity index (χ4v) is 5.33. The minimum absolute atomic E-state index is 0.0536. The first kappa shape index (κ1) is 21.9. The van der Waals surface area contributed by atoms with E-state index in [4.69, 9.17) is 16.3 Å². The number of nitrogens with zero attached hydrogens (tertiary/aromatic N) is 4. The van der Waals surface area contributed by atoms with E-state index < -0.39 is 10.0 Å². The number of anilines is 1. The Morgan fingerprint density at radius 1 is 1.19 bits per heavy atom. The van der Waals surface area contributed by atoms with Crippen LogP contribution in [0, 0.1) is 0 Å². The van der Waals surface area contributed by atoms with Crippen molar-refractivity contribution in [3.8, 4) is 0 Å². The van der Waals surface area contributed by atoms with Crippen LogP contribution in [0.4, 0.5) is 5.82 Å². The molecule has 2 aromatic rings. The number of rotatable bonds is 6. The summed E-state index contributed by atoms with van der Waals surface area (Å²) in [6, 6.07) is 7.98. The summed E-state index contributed by atoms with van der Waals surface area (Å²) < 4.78 is 32.7.